The molecule has 2 aliphatic heterocycles. The predicted molar refractivity (Wildman–Crippen MR) is 106 cm³/mol. The number of anilines is 1. The number of amides is 1. The molecule has 0 aromatic carbocycles. The number of hydrogen-bond acceptors (Lipinski definition) is 6. The fourth-order valence-electron chi connectivity index (χ4n) is 4.02. The van der Waals surface area contributed by atoms with Gasteiger partial charge in [0.15, 0.2) is 0 Å². The monoisotopic (exact) mass is 387 g/mol. The number of ether oxygens (including phenoxy) is 1. The Labute approximate surface area is 165 Å². The van der Waals surface area contributed by atoms with E-state index in [1.165, 1.54) is 7.11 Å². The van der Waals surface area contributed by atoms with Gasteiger partial charge in [-0.1, -0.05) is 0 Å². The highest BCUT2D eigenvalue weighted by atomic mass is 16.5. The number of pyridine rings is 1. The molecule has 3 rings (SSSR count). The number of carbonyl (C=O) groups excluding carboxylic acids is 2. The Morgan fingerprint density at radius 3 is 2.39 bits per heavy atom. The van der Waals surface area contributed by atoms with Crippen molar-refractivity contribution in [1.82, 2.24) is 9.88 Å². The molecular weight excluding hydrogens is 358 g/mol. The maximum Gasteiger partial charge on any atom is 0.305 e. The first-order chi connectivity index (χ1) is 13.5. The van der Waals surface area contributed by atoms with E-state index in [1.807, 2.05) is 11.0 Å². The molecular formula is C20H29N5O3. The molecule has 0 unspecified atom stereocenters. The van der Waals surface area contributed by atoms with Crippen LogP contribution in [0.1, 0.15) is 37.7 Å². The first-order valence-corrected chi connectivity index (χ1v) is 9.89. The Bertz CT molecular complexity index is 705. The average Bonchev–Trinajstić information content (AvgIpc) is 2.74. The van der Waals surface area contributed by atoms with Gasteiger partial charge in [0.25, 0.3) is 0 Å². The fraction of sp³-hybridized carbons (Fsp3) is 0.600. The van der Waals surface area contributed by atoms with Crippen LogP contribution in [0.5, 0.6) is 0 Å². The van der Waals surface area contributed by atoms with Crippen molar-refractivity contribution in [1.29, 1.82) is 5.41 Å². The average molecular weight is 387 g/mol. The number of rotatable bonds is 5. The number of nitrogens with one attached hydrogen (secondary N) is 1. The van der Waals surface area contributed by atoms with E-state index < -0.39 is 0 Å². The van der Waals surface area contributed by atoms with Crippen molar-refractivity contribution in [3.8, 4) is 0 Å². The zero-order valence-electron chi connectivity index (χ0n) is 16.4. The van der Waals surface area contributed by atoms with Gasteiger partial charge in [-0.15, -0.1) is 0 Å². The van der Waals surface area contributed by atoms with Crippen LogP contribution in [0.3, 0.4) is 0 Å². The second kappa shape index (κ2) is 9.03. The number of likely N-dealkylation sites (tertiary alicyclic amines) is 1. The van der Waals surface area contributed by atoms with Crippen molar-refractivity contribution in [3.63, 3.8) is 0 Å². The van der Waals surface area contributed by atoms with E-state index in [9.17, 15) is 9.59 Å². The lowest BCUT2D eigenvalue weighted by Crippen LogP contribution is -2.45. The molecule has 0 aliphatic carbocycles. The lowest BCUT2D eigenvalue weighted by Gasteiger charge is -2.37. The topological polar surface area (TPSA) is 113 Å². The maximum absolute atomic E-state index is 12.9. The van der Waals surface area contributed by atoms with E-state index in [-0.39, 0.29) is 23.6 Å². The van der Waals surface area contributed by atoms with Gasteiger partial charge >= 0.3 is 5.97 Å². The van der Waals surface area contributed by atoms with E-state index in [1.54, 1.807) is 12.3 Å². The lowest BCUT2D eigenvalue weighted by atomic mass is 9.90. The number of esters is 1. The van der Waals surface area contributed by atoms with Crippen LogP contribution in [0.4, 0.5) is 5.82 Å². The highest BCUT2D eigenvalue weighted by molar-refractivity contribution is 5.94. The summed E-state index contributed by atoms with van der Waals surface area (Å²) in [6.07, 6.45) is 5.44. The van der Waals surface area contributed by atoms with Gasteiger partial charge in [-0.2, -0.15) is 0 Å². The molecule has 152 valence electrons. The zero-order chi connectivity index (χ0) is 20.1. The van der Waals surface area contributed by atoms with Crippen LogP contribution in [-0.2, 0) is 14.3 Å². The van der Waals surface area contributed by atoms with Crippen LogP contribution in [0.25, 0.3) is 0 Å². The number of aromatic nitrogens is 1. The molecule has 1 aromatic heterocycles. The van der Waals surface area contributed by atoms with Gasteiger partial charge in [-0.25, -0.2) is 4.98 Å². The molecule has 0 bridgehead atoms. The number of piperidine rings is 2. The molecule has 3 N–H and O–H groups in total. The van der Waals surface area contributed by atoms with Crippen molar-refractivity contribution in [2.45, 2.75) is 32.1 Å². The van der Waals surface area contributed by atoms with Crippen LogP contribution in [0.15, 0.2) is 18.3 Å². The molecule has 1 aromatic rings. The first kappa shape index (κ1) is 20.1. The van der Waals surface area contributed by atoms with Gasteiger partial charge < -0.3 is 20.3 Å². The number of nitrogens with zero attached hydrogens (tertiary/aromatic N) is 3. The second-order valence-corrected chi connectivity index (χ2v) is 7.63. The van der Waals surface area contributed by atoms with E-state index in [0.717, 1.165) is 57.7 Å². The summed E-state index contributed by atoms with van der Waals surface area (Å²) in [5.74, 6) is 1.34. The second-order valence-electron chi connectivity index (χ2n) is 7.63. The fourth-order valence-corrected chi connectivity index (χ4v) is 4.02. The minimum absolute atomic E-state index is 0.0127. The van der Waals surface area contributed by atoms with E-state index in [2.05, 4.69) is 9.88 Å². The third-order valence-electron chi connectivity index (χ3n) is 5.84. The number of amidine groups is 1. The summed E-state index contributed by atoms with van der Waals surface area (Å²) in [5, 5.41) is 7.44. The predicted octanol–water partition coefficient (Wildman–Crippen LogP) is 1.38. The number of methoxy groups -OCH3 is 1. The first-order valence-electron chi connectivity index (χ1n) is 9.89. The largest absolute Gasteiger partial charge is 0.469 e. The summed E-state index contributed by atoms with van der Waals surface area (Å²) >= 11 is 0. The van der Waals surface area contributed by atoms with Gasteiger partial charge in [0, 0.05) is 50.3 Å². The van der Waals surface area contributed by atoms with Gasteiger partial charge in [0.1, 0.15) is 11.7 Å². The molecule has 0 atom stereocenters. The van der Waals surface area contributed by atoms with Crippen LogP contribution in [0, 0.1) is 17.2 Å². The molecule has 28 heavy (non-hydrogen) atoms. The summed E-state index contributed by atoms with van der Waals surface area (Å²) in [6.45, 7) is 3.05. The Morgan fingerprint density at radius 1 is 1.18 bits per heavy atom. The molecule has 3 heterocycles. The third-order valence-corrected chi connectivity index (χ3v) is 5.84. The minimum atomic E-state index is -0.165. The molecule has 1 amide bonds. The van der Waals surface area contributed by atoms with Crippen LogP contribution < -0.4 is 10.6 Å². The minimum Gasteiger partial charge on any atom is -0.469 e. The Balaban J connectivity index is 1.46. The van der Waals surface area contributed by atoms with Gasteiger partial charge in [0.05, 0.1) is 7.11 Å². The third kappa shape index (κ3) is 4.79. The number of nitrogen functional groups attached to an aromatic ring is 1. The summed E-state index contributed by atoms with van der Waals surface area (Å²) in [4.78, 5) is 32.8. The standard InChI is InChI=1S/C20H29N5O3/c1-28-18(26)12-14-4-8-25(9-5-14)20(27)15-6-10-24(11-7-15)17-3-2-16(13-23-17)19(21)22/h2-3,13-15H,4-12H2,1H3,(H3,21,22). The van der Waals surface area contributed by atoms with Crippen LogP contribution in [0.2, 0.25) is 0 Å². The van der Waals surface area contributed by atoms with Crippen LogP contribution >= 0.6 is 0 Å². The Morgan fingerprint density at radius 2 is 1.86 bits per heavy atom. The molecule has 0 spiro atoms. The SMILES string of the molecule is COC(=O)CC1CCN(C(=O)C2CCN(c3ccc(C(=N)N)cn3)CC2)CC1. The van der Waals surface area contributed by atoms with Crippen molar-refractivity contribution < 1.29 is 14.3 Å². The smallest absolute Gasteiger partial charge is 0.305 e. The lowest BCUT2D eigenvalue weighted by molar-refractivity contribution is -0.142. The summed E-state index contributed by atoms with van der Waals surface area (Å²) in [6, 6.07) is 3.69. The van der Waals surface area contributed by atoms with Gasteiger partial charge in [0.2, 0.25) is 5.91 Å². The zero-order valence-corrected chi connectivity index (χ0v) is 16.4. The van der Waals surface area contributed by atoms with Crippen molar-refractivity contribution in [2.75, 3.05) is 38.2 Å². The van der Waals surface area contributed by atoms with Crippen molar-refractivity contribution >= 4 is 23.5 Å². The molecule has 0 radical (unpaired) electrons. The number of hydrogen-bond donors (Lipinski definition) is 2. The highest BCUT2D eigenvalue weighted by Crippen LogP contribution is 2.27. The van der Waals surface area contributed by atoms with E-state index in [4.69, 9.17) is 15.9 Å². The van der Waals surface area contributed by atoms with Crippen molar-refractivity contribution in [3.05, 3.63) is 23.9 Å². The van der Waals surface area contributed by atoms with E-state index >= 15 is 0 Å². The van der Waals surface area contributed by atoms with Crippen molar-refractivity contribution in [2.24, 2.45) is 17.6 Å². The number of nitrogens with two attached hydrogens (primary N) is 1. The molecule has 2 aliphatic rings. The Kier molecular flexibility index (Phi) is 6.49. The molecule has 2 saturated heterocycles. The summed E-state index contributed by atoms with van der Waals surface area (Å²) in [5.41, 5.74) is 6.08. The summed E-state index contributed by atoms with van der Waals surface area (Å²) < 4.78 is 4.74. The number of carbonyl (C=O) groups is 2. The molecule has 2 fully saturated rings. The van der Waals surface area contributed by atoms with Gasteiger partial charge in [-0.3, -0.25) is 15.0 Å². The molecule has 8 nitrogen and oxygen atoms in total. The van der Waals surface area contributed by atoms with Crippen LogP contribution in [-0.4, -0.2) is 60.9 Å². The van der Waals surface area contributed by atoms with E-state index in [0.29, 0.717) is 17.9 Å². The highest BCUT2D eigenvalue weighted by Gasteiger charge is 2.31. The summed E-state index contributed by atoms with van der Waals surface area (Å²) in [7, 11) is 1.42. The normalized spacial score (nSPS) is 18.8. The Hall–Kier alpha value is -2.64. The maximum atomic E-state index is 12.9. The molecule has 8 heteroatoms. The molecule has 0 saturated carbocycles. The quantitative estimate of drug-likeness (QED) is 0.448. The van der Waals surface area contributed by atoms with Gasteiger partial charge in [-0.05, 0) is 43.7 Å².